The summed E-state index contributed by atoms with van der Waals surface area (Å²) in [4.78, 5) is 23.7. The largest absolute Gasteiger partial charge is 0.489 e. The normalized spacial score (nSPS) is 10.4. The molecule has 3 rings (SSSR count). The minimum atomic E-state index is -0.398. The lowest BCUT2D eigenvalue weighted by Crippen LogP contribution is -2.18. The summed E-state index contributed by atoms with van der Waals surface area (Å²) >= 11 is 0. The Balaban J connectivity index is 1.70. The molecule has 0 unspecified atom stereocenters. The van der Waals surface area contributed by atoms with E-state index in [1.54, 1.807) is 25.4 Å². The van der Waals surface area contributed by atoms with Gasteiger partial charge in [-0.2, -0.15) is 0 Å². The summed E-state index contributed by atoms with van der Waals surface area (Å²) in [5.41, 5.74) is 0.998. The maximum Gasteiger partial charge on any atom is 0.291 e. The van der Waals surface area contributed by atoms with E-state index in [2.05, 4.69) is 5.32 Å². The van der Waals surface area contributed by atoms with Gasteiger partial charge in [-0.1, -0.05) is 18.2 Å². The first-order valence-corrected chi connectivity index (χ1v) is 7.36. The molecule has 24 heavy (non-hydrogen) atoms. The second-order valence-electron chi connectivity index (χ2n) is 5.20. The number of furan rings is 1. The molecule has 0 fully saturated rings. The van der Waals surface area contributed by atoms with Crippen molar-refractivity contribution >= 4 is 11.6 Å². The van der Waals surface area contributed by atoms with Crippen LogP contribution in [0.3, 0.4) is 0 Å². The molecule has 0 radical (unpaired) electrons. The summed E-state index contributed by atoms with van der Waals surface area (Å²) in [5, 5.41) is 2.70. The highest BCUT2D eigenvalue weighted by molar-refractivity contribution is 6.03. The Morgan fingerprint density at radius 3 is 2.71 bits per heavy atom. The Labute approximate surface area is 138 Å². The van der Waals surface area contributed by atoms with Crippen molar-refractivity contribution in [1.29, 1.82) is 0 Å². The molecule has 2 aromatic heterocycles. The molecule has 0 aliphatic carbocycles. The van der Waals surface area contributed by atoms with Gasteiger partial charge in [0.1, 0.15) is 12.4 Å². The number of aryl methyl sites for hydroxylation is 1. The lowest BCUT2D eigenvalue weighted by atomic mass is 10.2. The molecule has 0 aliphatic rings. The third-order valence-corrected chi connectivity index (χ3v) is 3.43. The smallest absolute Gasteiger partial charge is 0.291 e. The van der Waals surface area contributed by atoms with Crippen molar-refractivity contribution in [2.24, 2.45) is 7.05 Å². The van der Waals surface area contributed by atoms with Crippen LogP contribution in [0, 0.1) is 0 Å². The van der Waals surface area contributed by atoms with Gasteiger partial charge in [0.15, 0.2) is 5.76 Å². The Morgan fingerprint density at radius 1 is 1.17 bits per heavy atom. The number of hydrogen-bond donors (Lipinski definition) is 1. The Kier molecular flexibility index (Phi) is 4.47. The number of carbonyl (C=O) groups is 1. The number of aromatic nitrogens is 1. The zero-order valence-corrected chi connectivity index (χ0v) is 13.1. The molecule has 0 bridgehead atoms. The average molecular weight is 324 g/mol. The molecule has 3 aromatic rings. The van der Waals surface area contributed by atoms with E-state index in [0.29, 0.717) is 17.0 Å². The van der Waals surface area contributed by atoms with E-state index < -0.39 is 5.91 Å². The lowest BCUT2D eigenvalue weighted by Gasteiger charge is -2.08. The summed E-state index contributed by atoms with van der Waals surface area (Å²) in [6.45, 7) is 0.219. The second-order valence-corrected chi connectivity index (χ2v) is 5.20. The monoisotopic (exact) mass is 324 g/mol. The van der Waals surface area contributed by atoms with Crippen molar-refractivity contribution in [3.05, 3.63) is 82.7 Å². The molecule has 6 heteroatoms. The summed E-state index contributed by atoms with van der Waals surface area (Å²) in [5.74, 6) is 0.494. The third kappa shape index (κ3) is 3.55. The van der Waals surface area contributed by atoms with E-state index in [4.69, 9.17) is 9.15 Å². The van der Waals surface area contributed by atoms with Gasteiger partial charge in [0.05, 0.1) is 12.0 Å². The molecule has 122 valence electrons. The number of carbonyl (C=O) groups excluding carboxylic acids is 1. The fraction of sp³-hybridized carbons (Fsp3) is 0.111. The summed E-state index contributed by atoms with van der Waals surface area (Å²) in [7, 11) is 1.62. The number of anilines is 1. The highest BCUT2D eigenvalue weighted by Gasteiger charge is 2.16. The van der Waals surface area contributed by atoms with Gasteiger partial charge in [0, 0.05) is 24.9 Å². The predicted molar refractivity (Wildman–Crippen MR) is 89.1 cm³/mol. The zero-order chi connectivity index (χ0) is 16.9. The second kappa shape index (κ2) is 6.87. The molecule has 2 heterocycles. The molecule has 0 spiro atoms. The molecular weight excluding hydrogens is 308 g/mol. The quantitative estimate of drug-likeness (QED) is 0.783. The van der Waals surface area contributed by atoms with E-state index in [1.807, 2.05) is 30.3 Å². The maximum absolute atomic E-state index is 12.4. The van der Waals surface area contributed by atoms with Gasteiger partial charge in [-0.05, 0) is 24.3 Å². The fourth-order valence-electron chi connectivity index (χ4n) is 2.18. The number of benzene rings is 1. The van der Waals surface area contributed by atoms with Gasteiger partial charge in [-0.3, -0.25) is 9.59 Å². The van der Waals surface area contributed by atoms with Gasteiger partial charge in [-0.15, -0.1) is 0 Å². The van der Waals surface area contributed by atoms with Crippen LogP contribution >= 0.6 is 0 Å². The van der Waals surface area contributed by atoms with Crippen molar-refractivity contribution in [1.82, 2.24) is 4.57 Å². The van der Waals surface area contributed by atoms with Crippen LogP contribution in [0.2, 0.25) is 0 Å². The molecule has 0 saturated heterocycles. The average Bonchev–Trinajstić information content (AvgIpc) is 3.06. The van der Waals surface area contributed by atoms with Crippen LogP contribution in [0.25, 0.3) is 0 Å². The van der Waals surface area contributed by atoms with Gasteiger partial charge < -0.3 is 19.0 Å². The molecule has 6 nitrogen and oxygen atoms in total. The van der Waals surface area contributed by atoms with Crippen LogP contribution < -0.4 is 15.6 Å². The van der Waals surface area contributed by atoms with Crippen LogP contribution in [0.15, 0.2) is 70.2 Å². The van der Waals surface area contributed by atoms with E-state index in [0.717, 1.165) is 0 Å². The van der Waals surface area contributed by atoms with E-state index in [1.165, 1.54) is 16.9 Å². The summed E-state index contributed by atoms with van der Waals surface area (Å²) < 4.78 is 12.3. The lowest BCUT2D eigenvalue weighted by molar-refractivity contribution is 0.0993. The number of nitrogens with one attached hydrogen (secondary N) is 1. The Morgan fingerprint density at radius 2 is 1.96 bits per heavy atom. The van der Waals surface area contributed by atoms with Gasteiger partial charge >= 0.3 is 0 Å². The van der Waals surface area contributed by atoms with Crippen LogP contribution in [-0.2, 0) is 13.7 Å². The summed E-state index contributed by atoms with van der Waals surface area (Å²) in [6, 6.07) is 13.9. The van der Waals surface area contributed by atoms with Crippen LogP contribution in [-0.4, -0.2) is 10.5 Å². The number of hydrogen-bond acceptors (Lipinski definition) is 4. The highest BCUT2D eigenvalue weighted by atomic mass is 16.5. The number of pyridine rings is 1. The number of ether oxygens (including phenoxy) is 1. The van der Waals surface area contributed by atoms with Gasteiger partial charge in [0.25, 0.3) is 5.91 Å². The Hall–Kier alpha value is -3.28. The first kappa shape index (κ1) is 15.6. The minimum Gasteiger partial charge on any atom is -0.489 e. The minimum absolute atomic E-state index is 0.150. The molecular formula is C18H16N2O4. The third-order valence-electron chi connectivity index (χ3n) is 3.43. The first-order chi connectivity index (χ1) is 11.6. The number of amides is 1. The van der Waals surface area contributed by atoms with Gasteiger partial charge in [0.2, 0.25) is 5.56 Å². The standard InChI is InChI=1S/C18H16N2O4/c1-20-11-14(7-8-16(20)21)19-18(22)17-13(9-10-23-17)12-24-15-5-3-2-4-6-15/h2-11H,12H2,1H3,(H,19,22). The molecule has 1 amide bonds. The topological polar surface area (TPSA) is 73.5 Å². The molecule has 0 atom stereocenters. The molecule has 1 aromatic carbocycles. The van der Waals surface area contributed by atoms with Crippen LogP contribution in [0.1, 0.15) is 16.1 Å². The number of rotatable bonds is 5. The summed E-state index contributed by atoms with van der Waals surface area (Å²) in [6.07, 6.45) is 2.99. The maximum atomic E-state index is 12.4. The predicted octanol–water partition coefficient (Wildman–Crippen LogP) is 2.81. The van der Waals surface area contributed by atoms with E-state index in [-0.39, 0.29) is 17.9 Å². The van der Waals surface area contributed by atoms with Crippen LogP contribution in [0.4, 0.5) is 5.69 Å². The van der Waals surface area contributed by atoms with Crippen molar-refractivity contribution < 1.29 is 13.9 Å². The molecule has 0 aliphatic heterocycles. The van der Waals surface area contributed by atoms with Crippen molar-refractivity contribution in [2.45, 2.75) is 6.61 Å². The van der Waals surface area contributed by atoms with E-state index in [9.17, 15) is 9.59 Å². The van der Waals surface area contributed by atoms with E-state index >= 15 is 0 Å². The van der Waals surface area contributed by atoms with Gasteiger partial charge in [-0.25, -0.2) is 0 Å². The number of nitrogens with zero attached hydrogens (tertiary/aromatic N) is 1. The van der Waals surface area contributed by atoms with Crippen LogP contribution in [0.5, 0.6) is 5.75 Å². The number of para-hydroxylation sites is 1. The Bertz CT molecular complexity index is 897. The first-order valence-electron chi connectivity index (χ1n) is 7.36. The highest BCUT2D eigenvalue weighted by Crippen LogP contribution is 2.17. The SMILES string of the molecule is Cn1cc(NC(=O)c2occc2COc2ccccc2)ccc1=O. The molecule has 1 N–H and O–H groups in total. The van der Waals surface area contributed by atoms with Crippen molar-refractivity contribution in [3.8, 4) is 5.75 Å². The van der Waals surface area contributed by atoms with Crippen molar-refractivity contribution in [2.75, 3.05) is 5.32 Å². The zero-order valence-electron chi connectivity index (χ0n) is 13.1. The van der Waals surface area contributed by atoms with Crippen molar-refractivity contribution in [3.63, 3.8) is 0 Å². The molecule has 0 saturated carbocycles. The fourth-order valence-corrected chi connectivity index (χ4v) is 2.18.